The molecule has 0 aliphatic rings. The number of methoxy groups -OCH3 is 1. The van der Waals surface area contributed by atoms with Gasteiger partial charge in [-0.1, -0.05) is 30.3 Å². The summed E-state index contributed by atoms with van der Waals surface area (Å²) in [4.78, 5) is 37.5. The SMILES string of the molecule is COc1cc(OCC(=O)N(CCc2ccccc2)[C@H](C)C(=O)NC(C)C)ccc1[N+](=O)[O-]. The van der Waals surface area contributed by atoms with Crippen LogP contribution < -0.4 is 14.8 Å². The van der Waals surface area contributed by atoms with E-state index in [0.717, 1.165) is 5.56 Å². The number of rotatable bonds is 11. The van der Waals surface area contributed by atoms with E-state index in [2.05, 4.69) is 5.32 Å². The van der Waals surface area contributed by atoms with Gasteiger partial charge in [0.15, 0.2) is 6.61 Å². The van der Waals surface area contributed by atoms with Crippen molar-refractivity contribution in [3.63, 3.8) is 0 Å². The molecule has 9 heteroatoms. The fraction of sp³-hybridized carbons (Fsp3) is 0.391. The molecule has 0 bridgehead atoms. The van der Waals surface area contributed by atoms with Gasteiger partial charge in [0, 0.05) is 24.7 Å². The molecule has 172 valence electrons. The summed E-state index contributed by atoms with van der Waals surface area (Å²) in [5.41, 5.74) is 0.845. The van der Waals surface area contributed by atoms with Gasteiger partial charge in [-0.3, -0.25) is 19.7 Å². The highest BCUT2D eigenvalue weighted by atomic mass is 16.6. The summed E-state index contributed by atoms with van der Waals surface area (Å²) < 4.78 is 10.6. The number of nitro groups is 1. The second-order valence-electron chi connectivity index (χ2n) is 7.54. The Labute approximate surface area is 187 Å². The molecule has 0 unspecified atom stereocenters. The summed E-state index contributed by atoms with van der Waals surface area (Å²) in [7, 11) is 1.32. The number of benzene rings is 2. The van der Waals surface area contributed by atoms with Crippen LogP contribution in [0.15, 0.2) is 48.5 Å². The lowest BCUT2D eigenvalue weighted by Crippen LogP contribution is -2.51. The number of hydrogen-bond donors (Lipinski definition) is 1. The minimum atomic E-state index is -0.691. The maximum atomic E-state index is 13.0. The first kappa shape index (κ1) is 24.6. The van der Waals surface area contributed by atoms with Crippen LogP contribution in [0.2, 0.25) is 0 Å². The molecular formula is C23H29N3O6. The van der Waals surface area contributed by atoms with Gasteiger partial charge in [-0.15, -0.1) is 0 Å². The smallest absolute Gasteiger partial charge is 0.311 e. The van der Waals surface area contributed by atoms with Gasteiger partial charge in [0.1, 0.15) is 11.8 Å². The van der Waals surface area contributed by atoms with Crippen molar-refractivity contribution < 1.29 is 24.0 Å². The van der Waals surface area contributed by atoms with Gasteiger partial charge in [-0.2, -0.15) is 0 Å². The van der Waals surface area contributed by atoms with Crippen molar-refractivity contribution in [3.05, 3.63) is 64.2 Å². The Kier molecular flexibility index (Phi) is 9.00. The minimum absolute atomic E-state index is 0.0329. The molecule has 0 saturated carbocycles. The normalized spacial score (nSPS) is 11.5. The number of ether oxygens (including phenoxy) is 2. The van der Waals surface area contributed by atoms with Crippen molar-refractivity contribution in [3.8, 4) is 11.5 Å². The van der Waals surface area contributed by atoms with Gasteiger partial charge in [-0.25, -0.2) is 0 Å². The van der Waals surface area contributed by atoms with Crippen LogP contribution in [0.4, 0.5) is 5.69 Å². The van der Waals surface area contributed by atoms with Crippen molar-refractivity contribution in [1.29, 1.82) is 0 Å². The van der Waals surface area contributed by atoms with E-state index in [0.29, 0.717) is 13.0 Å². The molecule has 2 amide bonds. The maximum Gasteiger partial charge on any atom is 0.311 e. The fourth-order valence-electron chi connectivity index (χ4n) is 3.10. The lowest BCUT2D eigenvalue weighted by atomic mass is 10.1. The quantitative estimate of drug-likeness (QED) is 0.422. The molecular weight excluding hydrogens is 414 g/mol. The van der Waals surface area contributed by atoms with Gasteiger partial charge in [0.25, 0.3) is 5.91 Å². The highest BCUT2D eigenvalue weighted by Crippen LogP contribution is 2.30. The predicted molar refractivity (Wildman–Crippen MR) is 120 cm³/mol. The van der Waals surface area contributed by atoms with Crippen LogP contribution in [0.1, 0.15) is 26.3 Å². The Morgan fingerprint density at radius 3 is 2.41 bits per heavy atom. The van der Waals surface area contributed by atoms with E-state index in [1.807, 2.05) is 44.2 Å². The molecule has 0 aliphatic heterocycles. The monoisotopic (exact) mass is 443 g/mol. The summed E-state index contributed by atoms with van der Waals surface area (Å²) in [6, 6.07) is 12.9. The Hall–Kier alpha value is -3.62. The molecule has 0 radical (unpaired) electrons. The molecule has 0 aliphatic carbocycles. The molecule has 0 aromatic heterocycles. The van der Waals surface area contributed by atoms with Gasteiger partial charge in [0.2, 0.25) is 11.7 Å². The third-order valence-corrected chi connectivity index (χ3v) is 4.79. The van der Waals surface area contributed by atoms with E-state index < -0.39 is 11.0 Å². The first-order valence-corrected chi connectivity index (χ1v) is 10.3. The number of carbonyl (C=O) groups is 2. The number of hydrogen-bond acceptors (Lipinski definition) is 6. The fourth-order valence-corrected chi connectivity index (χ4v) is 3.10. The zero-order valence-electron chi connectivity index (χ0n) is 18.7. The third-order valence-electron chi connectivity index (χ3n) is 4.79. The molecule has 0 fully saturated rings. The second-order valence-corrected chi connectivity index (χ2v) is 7.54. The standard InChI is InChI=1S/C23H29N3O6/c1-16(2)24-23(28)17(3)25(13-12-18-8-6-5-7-9-18)22(27)15-32-19-10-11-20(26(29)30)21(14-19)31-4/h5-11,14,16-17H,12-13,15H2,1-4H3,(H,24,28)/t17-/m1/s1. The lowest BCUT2D eigenvalue weighted by Gasteiger charge is -2.29. The van der Waals surface area contributed by atoms with E-state index in [1.165, 1.54) is 30.2 Å². The Balaban J connectivity index is 2.12. The molecule has 2 rings (SSSR count). The topological polar surface area (TPSA) is 111 Å². The third kappa shape index (κ3) is 6.97. The Bertz CT molecular complexity index is 933. The zero-order valence-corrected chi connectivity index (χ0v) is 18.7. The van der Waals surface area contributed by atoms with E-state index in [4.69, 9.17) is 9.47 Å². The van der Waals surface area contributed by atoms with Gasteiger partial charge in [0.05, 0.1) is 12.0 Å². The lowest BCUT2D eigenvalue weighted by molar-refractivity contribution is -0.385. The van der Waals surface area contributed by atoms with E-state index in [-0.39, 0.29) is 41.6 Å². The van der Waals surface area contributed by atoms with Gasteiger partial charge < -0.3 is 19.7 Å². The van der Waals surface area contributed by atoms with Crippen LogP contribution in [-0.2, 0) is 16.0 Å². The van der Waals surface area contributed by atoms with Crippen LogP contribution >= 0.6 is 0 Å². The highest BCUT2D eigenvalue weighted by Gasteiger charge is 2.26. The molecule has 0 saturated heterocycles. The number of amides is 2. The first-order chi connectivity index (χ1) is 15.2. The van der Waals surface area contributed by atoms with Crippen LogP contribution in [0.3, 0.4) is 0 Å². The number of nitro benzene ring substituents is 1. The van der Waals surface area contributed by atoms with Crippen molar-refractivity contribution in [1.82, 2.24) is 10.2 Å². The number of nitrogens with zero attached hydrogens (tertiary/aromatic N) is 2. The molecule has 2 aromatic carbocycles. The van der Waals surface area contributed by atoms with Crippen LogP contribution in [0.25, 0.3) is 0 Å². The molecule has 0 spiro atoms. The number of carbonyl (C=O) groups excluding carboxylic acids is 2. The molecule has 32 heavy (non-hydrogen) atoms. The summed E-state index contributed by atoms with van der Waals surface area (Å²) in [5.74, 6) is -0.336. The van der Waals surface area contributed by atoms with Gasteiger partial charge >= 0.3 is 5.69 Å². The first-order valence-electron chi connectivity index (χ1n) is 10.3. The Morgan fingerprint density at radius 1 is 1.12 bits per heavy atom. The van der Waals surface area contributed by atoms with Crippen LogP contribution in [0.5, 0.6) is 11.5 Å². The zero-order chi connectivity index (χ0) is 23.7. The van der Waals surface area contributed by atoms with E-state index in [9.17, 15) is 19.7 Å². The van der Waals surface area contributed by atoms with Crippen molar-refractivity contribution in [2.45, 2.75) is 39.3 Å². The molecule has 1 N–H and O–H groups in total. The largest absolute Gasteiger partial charge is 0.490 e. The average molecular weight is 444 g/mol. The average Bonchev–Trinajstić information content (AvgIpc) is 2.77. The van der Waals surface area contributed by atoms with Crippen molar-refractivity contribution >= 4 is 17.5 Å². The maximum absolute atomic E-state index is 13.0. The Morgan fingerprint density at radius 2 is 1.81 bits per heavy atom. The minimum Gasteiger partial charge on any atom is -0.490 e. The summed E-state index contributed by atoms with van der Waals surface area (Å²) in [6.07, 6.45) is 0.581. The number of nitrogens with one attached hydrogen (secondary N) is 1. The summed E-state index contributed by atoms with van der Waals surface area (Å²) in [6.45, 7) is 5.39. The van der Waals surface area contributed by atoms with Crippen LogP contribution in [0, 0.1) is 10.1 Å². The van der Waals surface area contributed by atoms with Crippen LogP contribution in [-0.4, -0.2) is 54.0 Å². The highest BCUT2D eigenvalue weighted by molar-refractivity contribution is 5.88. The molecule has 9 nitrogen and oxygen atoms in total. The van der Waals surface area contributed by atoms with E-state index in [1.54, 1.807) is 6.92 Å². The molecule has 1 atom stereocenters. The molecule has 0 heterocycles. The van der Waals surface area contributed by atoms with Crippen molar-refractivity contribution in [2.24, 2.45) is 0 Å². The summed E-state index contributed by atoms with van der Waals surface area (Å²) in [5, 5.41) is 13.9. The van der Waals surface area contributed by atoms with E-state index >= 15 is 0 Å². The predicted octanol–water partition coefficient (Wildman–Crippen LogP) is 2.97. The summed E-state index contributed by atoms with van der Waals surface area (Å²) >= 11 is 0. The van der Waals surface area contributed by atoms with Gasteiger partial charge in [-0.05, 0) is 38.8 Å². The van der Waals surface area contributed by atoms with Crippen molar-refractivity contribution in [2.75, 3.05) is 20.3 Å². The molecule has 2 aromatic rings. The second kappa shape index (κ2) is 11.7.